The maximum absolute atomic E-state index is 11.6. The number of hydrogen-bond acceptors (Lipinski definition) is 4. The number of carboxylic acid groups (broad SMARTS) is 1. The van der Waals surface area contributed by atoms with Crippen LogP contribution in [0.15, 0.2) is 77.3 Å². The summed E-state index contributed by atoms with van der Waals surface area (Å²) in [4.78, 5) is 11.6. The Bertz CT molecular complexity index is 1340. The molecule has 1 aliphatic rings. The Balaban J connectivity index is 1.25. The third-order valence-electron chi connectivity index (χ3n) is 6.72. The topological polar surface area (TPSA) is 72.6 Å². The summed E-state index contributed by atoms with van der Waals surface area (Å²) in [5.74, 6) is 0.0236. The Morgan fingerprint density at radius 1 is 1.03 bits per heavy atom. The minimum atomic E-state index is -0.734. The molecule has 5 nitrogen and oxygen atoms in total. The van der Waals surface area contributed by atoms with Crippen molar-refractivity contribution in [3.63, 3.8) is 0 Å². The molecule has 1 heterocycles. The fraction of sp³-hybridized carbons (Fsp3) is 0.241. The van der Waals surface area contributed by atoms with E-state index in [4.69, 9.17) is 20.9 Å². The first-order chi connectivity index (χ1) is 17.0. The van der Waals surface area contributed by atoms with Gasteiger partial charge in [0.2, 0.25) is 0 Å². The predicted molar refractivity (Wildman–Crippen MR) is 135 cm³/mol. The Kier molecular flexibility index (Phi) is 6.46. The Morgan fingerprint density at radius 3 is 2.31 bits per heavy atom. The van der Waals surface area contributed by atoms with E-state index in [0.717, 1.165) is 44.8 Å². The van der Waals surface area contributed by atoms with Crippen molar-refractivity contribution in [2.45, 2.75) is 38.2 Å². The van der Waals surface area contributed by atoms with E-state index in [9.17, 15) is 9.90 Å². The molecule has 0 atom stereocenters. The molecule has 1 saturated carbocycles. The van der Waals surface area contributed by atoms with E-state index >= 15 is 0 Å². The van der Waals surface area contributed by atoms with Gasteiger partial charge in [-0.1, -0.05) is 77.4 Å². The van der Waals surface area contributed by atoms with Crippen LogP contribution in [0.5, 0.6) is 0 Å². The summed E-state index contributed by atoms with van der Waals surface area (Å²) in [6.07, 6.45) is 2.11. The smallest absolute Gasteiger partial charge is 0.314 e. The van der Waals surface area contributed by atoms with Gasteiger partial charge in [-0.2, -0.15) is 0 Å². The molecule has 178 valence electrons. The number of hydrogen-bond donors (Lipinski definition) is 1. The van der Waals surface area contributed by atoms with Gasteiger partial charge in [-0.25, -0.2) is 0 Å². The van der Waals surface area contributed by atoms with Gasteiger partial charge in [0, 0.05) is 22.6 Å². The molecule has 1 N–H and O–H groups in total. The second-order valence-electron chi connectivity index (χ2n) is 9.05. The van der Waals surface area contributed by atoms with Gasteiger partial charge >= 0.3 is 5.97 Å². The number of ether oxygens (including phenoxy) is 1. The zero-order valence-corrected chi connectivity index (χ0v) is 20.2. The largest absolute Gasteiger partial charge is 0.481 e. The first kappa shape index (κ1) is 23.3. The molecule has 0 unspecified atom stereocenters. The van der Waals surface area contributed by atoms with Gasteiger partial charge in [-0.15, -0.1) is 0 Å². The second kappa shape index (κ2) is 9.68. The quantitative estimate of drug-likeness (QED) is 0.261. The van der Waals surface area contributed by atoms with E-state index in [2.05, 4.69) is 5.16 Å². The van der Waals surface area contributed by atoms with Crippen molar-refractivity contribution in [2.75, 3.05) is 6.61 Å². The van der Waals surface area contributed by atoms with Gasteiger partial charge in [-0.3, -0.25) is 4.79 Å². The molecular formula is C29H26ClNO4. The van der Waals surface area contributed by atoms with Crippen LogP contribution in [0, 0.1) is 6.92 Å². The molecule has 0 saturated heterocycles. The Morgan fingerprint density at radius 2 is 1.69 bits per heavy atom. The summed E-state index contributed by atoms with van der Waals surface area (Å²) in [6, 6.07) is 23.7. The van der Waals surface area contributed by atoms with E-state index in [0.29, 0.717) is 37.5 Å². The number of rotatable bonds is 9. The molecule has 0 radical (unpaired) electrons. The lowest BCUT2D eigenvalue weighted by Gasteiger charge is -2.11. The zero-order valence-electron chi connectivity index (χ0n) is 19.5. The summed E-state index contributed by atoms with van der Waals surface area (Å²) in [7, 11) is 0. The lowest BCUT2D eigenvalue weighted by atomic mass is 9.93. The molecule has 4 aromatic rings. The average molecular weight is 488 g/mol. The summed E-state index contributed by atoms with van der Waals surface area (Å²) in [6.45, 7) is 2.99. The van der Waals surface area contributed by atoms with E-state index in [1.807, 2.05) is 79.7 Å². The number of halogens is 1. The normalized spacial score (nSPS) is 14.1. The maximum atomic E-state index is 11.6. The van der Waals surface area contributed by atoms with Gasteiger partial charge in [0.1, 0.15) is 0 Å². The van der Waals surface area contributed by atoms with Crippen LogP contribution in [0.3, 0.4) is 0 Å². The SMILES string of the molecule is Cc1noc(-c2ccc(-c3ccc(C4(C(=O)O)CC4)cc3)cc2)c1CCOCc1cccc(Cl)c1. The Labute approximate surface area is 209 Å². The van der Waals surface area contributed by atoms with Crippen LogP contribution < -0.4 is 0 Å². The molecular weight excluding hydrogens is 462 g/mol. The van der Waals surface area contributed by atoms with E-state index in [-0.39, 0.29) is 0 Å². The van der Waals surface area contributed by atoms with Crippen LogP contribution in [0.4, 0.5) is 0 Å². The zero-order chi connectivity index (χ0) is 24.4. The van der Waals surface area contributed by atoms with Crippen LogP contribution in [-0.2, 0) is 28.0 Å². The van der Waals surface area contributed by atoms with Crippen molar-refractivity contribution in [3.05, 3.63) is 100 Å². The maximum Gasteiger partial charge on any atom is 0.314 e. The van der Waals surface area contributed by atoms with Crippen LogP contribution in [0.25, 0.3) is 22.5 Å². The Hall–Kier alpha value is -3.41. The standard InChI is InChI=1S/C29H26ClNO4/c1-19-26(13-16-34-18-20-3-2-4-25(30)17-20)27(35-31-19)23-7-5-21(6-8-23)22-9-11-24(12-10-22)29(14-15-29)28(32)33/h2-12,17H,13-16,18H2,1H3,(H,32,33). The van der Waals surface area contributed by atoms with Crippen LogP contribution >= 0.6 is 11.6 Å². The van der Waals surface area contributed by atoms with E-state index < -0.39 is 11.4 Å². The van der Waals surface area contributed by atoms with Crippen molar-refractivity contribution >= 4 is 17.6 Å². The number of carboxylic acids is 1. The summed E-state index contributed by atoms with van der Waals surface area (Å²) in [5.41, 5.74) is 6.20. The molecule has 0 bridgehead atoms. The first-order valence-corrected chi connectivity index (χ1v) is 12.1. The summed E-state index contributed by atoms with van der Waals surface area (Å²) in [5, 5.41) is 14.4. The van der Waals surface area contributed by atoms with Crippen LogP contribution in [0.2, 0.25) is 5.02 Å². The summed E-state index contributed by atoms with van der Waals surface area (Å²) >= 11 is 6.04. The monoisotopic (exact) mass is 487 g/mol. The number of aliphatic carboxylic acids is 1. The van der Waals surface area contributed by atoms with Gasteiger partial charge < -0.3 is 14.4 Å². The average Bonchev–Trinajstić information content (AvgIpc) is 3.61. The number of carbonyl (C=O) groups is 1. The highest BCUT2D eigenvalue weighted by Crippen LogP contribution is 2.48. The molecule has 0 spiro atoms. The molecule has 1 aromatic heterocycles. The highest BCUT2D eigenvalue weighted by molar-refractivity contribution is 6.30. The van der Waals surface area contributed by atoms with E-state index in [1.54, 1.807) is 0 Å². The van der Waals surface area contributed by atoms with Gasteiger partial charge in [0.15, 0.2) is 5.76 Å². The minimum Gasteiger partial charge on any atom is -0.481 e. The molecule has 35 heavy (non-hydrogen) atoms. The van der Waals surface area contributed by atoms with Gasteiger partial charge in [0.25, 0.3) is 0 Å². The molecule has 6 heteroatoms. The van der Waals surface area contributed by atoms with E-state index in [1.165, 1.54) is 0 Å². The van der Waals surface area contributed by atoms with Gasteiger partial charge in [0.05, 0.1) is 24.3 Å². The highest BCUT2D eigenvalue weighted by atomic mass is 35.5. The fourth-order valence-corrected chi connectivity index (χ4v) is 4.66. The molecule has 5 rings (SSSR count). The third-order valence-corrected chi connectivity index (χ3v) is 6.95. The minimum absolute atomic E-state index is 0.501. The van der Waals surface area contributed by atoms with Crippen molar-refractivity contribution in [2.24, 2.45) is 0 Å². The number of benzene rings is 3. The first-order valence-electron chi connectivity index (χ1n) is 11.7. The fourth-order valence-electron chi connectivity index (χ4n) is 4.45. The predicted octanol–water partition coefficient (Wildman–Crippen LogP) is 6.85. The molecule has 1 fully saturated rings. The summed E-state index contributed by atoms with van der Waals surface area (Å²) < 4.78 is 11.5. The lowest BCUT2D eigenvalue weighted by Crippen LogP contribution is -2.19. The number of aromatic nitrogens is 1. The molecule has 0 aliphatic heterocycles. The molecule has 3 aromatic carbocycles. The van der Waals surface area contributed by atoms with Crippen LogP contribution in [0.1, 0.15) is 35.2 Å². The molecule has 1 aliphatic carbocycles. The number of aryl methyl sites for hydroxylation is 1. The van der Waals surface area contributed by atoms with Crippen molar-refractivity contribution in [1.82, 2.24) is 5.16 Å². The third kappa shape index (κ3) is 4.88. The van der Waals surface area contributed by atoms with Crippen molar-refractivity contribution in [1.29, 1.82) is 0 Å². The lowest BCUT2D eigenvalue weighted by molar-refractivity contribution is -0.140. The van der Waals surface area contributed by atoms with Crippen LogP contribution in [-0.4, -0.2) is 22.8 Å². The highest BCUT2D eigenvalue weighted by Gasteiger charge is 2.51. The molecule has 0 amide bonds. The number of nitrogens with zero attached hydrogens (tertiary/aromatic N) is 1. The van der Waals surface area contributed by atoms with Crippen molar-refractivity contribution in [3.8, 4) is 22.5 Å². The van der Waals surface area contributed by atoms with Crippen molar-refractivity contribution < 1.29 is 19.2 Å². The second-order valence-corrected chi connectivity index (χ2v) is 9.49. The van der Waals surface area contributed by atoms with Gasteiger partial charge in [-0.05, 0) is 54.2 Å².